The van der Waals surface area contributed by atoms with E-state index in [9.17, 15) is 4.79 Å². The van der Waals surface area contributed by atoms with Crippen molar-refractivity contribution in [3.05, 3.63) is 29.8 Å². The lowest BCUT2D eigenvalue weighted by Crippen LogP contribution is -2.30. The van der Waals surface area contributed by atoms with Gasteiger partial charge in [0.2, 0.25) is 5.91 Å². The van der Waals surface area contributed by atoms with Crippen molar-refractivity contribution in [2.75, 3.05) is 18.9 Å². The smallest absolute Gasteiger partial charge is 0.224 e. The number of carbonyl (C=O) groups excluding carboxylic acids is 1. The molecule has 3 N–H and O–H groups in total. The van der Waals surface area contributed by atoms with Gasteiger partial charge in [0.05, 0.1) is 12.5 Å². The van der Waals surface area contributed by atoms with E-state index in [4.69, 9.17) is 10.5 Å². The number of nitrogens with one attached hydrogen (secondary N) is 1. The maximum Gasteiger partial charge on any atom is 0.224 e. The van der Waals surface area contributed by atoms with Crippen molar-refractivity contribution in [3.63, 3.8) is 0 Å². The molecular weight excluding hydrogens is 240 g/mol. The molecule has 1 atom stereocenters. The van der Waals surface area contributed by atoms with Crippen LogP contribution in [0.25, 0.3) is 0 Å². The van der Waals surface area contributed by atoms with Crippen LogP contribution in [-0.2, 0) is 16.0 Å². The Hall–Kier alpha value is -1.55. The number of ether oxygens (including phenoxy) is 1. The van der Waals surface area contributed by atoms with Crippen LogP contribution < -0.4 is 11.1 Å². The first-order valence-electron chi connectivity index (χ1n) is 6.97. The highest BCUT2D eigenvalue weighted by atomic mass is 16.5. The van der Waals surface area contributed by atoms with Gasteiger partial charge >= 0.3 is 0 Å². The summed E-state index contributed by atoms with van der Waals surface area (Å²) in [4.78, 5) is 11.8. The van der Waals surface area contributed by atoms with E-state index in [1.165, 1.54) is 6.42 Å². The zero-order chi connectivity index (χ0) is 13.5. The number of hydrogen-bond donors (Lipinski definition) is 2. The fraction of sp³-hybridized carbons (Fsp3) is 0.533. The van der Waals surface area contributed by atoms with Crippen LogP contribution in [0.5, 0.6) is 0 Å². The minimum atomic E-state index is 0.0430. The summed E-state index contributed by atoms with van der Waals surface area (Å²) >= 11 is 0. The molecule has 1 fully saturated rings. The number of anilines is 1. The molecule has 1 unspecified atom stereocenters. The van der Waals surface area contributed by atoms with Crippen LogP contribution >= 0.6 is 0 Å². The van der Waals surface area contributed by atoms with Crippen LogP contribution in [0.2, 0.25) is 0 Å². The molecule has 1 aliphatic heterocycles. The van der Waals surface area contributed by atoms with Crippen LogP contribution in [0, 0.1) is 0 Å². The van der Waals surface area contributed by atoms with Crippen LogP contribution in [0.15, 0.2) is 24.3 Å². The molecule has 19 heavy (non-hydrogen) atoms. The molecule has 1 amide bonds. The van der Waals surface area contributed by atoms with Crippen LogP contribution in [0.3, 0.4) is 0 Å². The molecule has 0 saturated carbocycles. The first kappa shape index (κ1) is 13.9. The van der Waals surface area contributed by atoms with Gasteiger partial charge in [0.25, 0.3) is 0 Å². The van der Waals surface area contributed by atoms with Crippen LogP contribution in [0.1, 0.15) is 31.2 Å². The fourth-order valence-electron chi connectivity index (χ4n) is 2.36. The standard InChI is InChI=1S/C15H22N2O2/c16-13-5-3-4-12(10-13)11-15(18)17-8-7-14-6-1-2-9-19-14/h3-5,10,14H,1-2,6-9,11,16H2,(H,17,18). The molecule has 4 nitrogen and oxygen atoms in total. The van der Waals surface area contributed by atoms with Crippen molar-refractivity contribution in [1.82, 2.24) is 5.32 Å². The second-order valence-electron chi connectivity index (χ2n) is 5.05. The number of benzene rings is 1. The number of hydrogen-bond acceptors (Lipinski definition) is 3. The molecule has 0 radical (unpaired) electrons. The highest BCUT2D eigenvalue weighted by molar-refractivity contribution is 5.78. The lowest BCUT2D eigenvalue weighted by atomic mass is 10.1. The van der Waals surface area contributed by atoms with E-state index in [0.717, 1.165) is 31.4 Å². The maximum atomic E-state index is 11.8. The summed E-state index contributed by atoms with van der Waals surface area (Å²) in [6.45, 7) is 1.55. The molecule has 0 aromatic heterocycles. The highest BCUT2D eigenvalue weighted by Gasteiger charge is 2.13. The zero-order valence-electron chi connectivity index (χ0n) is 11.2. The minimum Gasteiger partial charge on any atom is -0.399 e. The van der Waals surface area contributed by atoms with Crippen molar-refractivity contribution in [2.45, 2.75) is 38.2 Å². The van der Waals surface area contributed by atoms with Gasteiger partial charge in [-0.2, -0.15) is 0 Å². The van der Waals surface area contributed by atoms with Gasteiger partial charge < -0.3 is 15.8 Å². The molecule has 1 saturated heterocycles. The minimum absolute atomic E-state index is 0.0430. The third-order valence-electron chi connectivity index (χ3n) is 3.38. The Morgan fingerprint density at radius 3 is 3.05 bits per heavy atom. The Morgan fingerprint density at radius 1 is 1.42 bits per heavy atom. The summed E-state index contributed by atoms with van der Waals surface area (Å²) in [5, 5.41) is 2.94. The van der Waals surface area contributed by atoms with E-state index < -0.39 is 0 Å². The van der Waals surface area contributed by atoms with E-state index in [2.05, 4.69) is 5.32 Å². The number of rotatable bonds is 5. The first-order chi connectivity index (χ1) is 9.24. The number of nitrogens with two attached hydrogens (primary N) is 1. The summed E-state index contributed by atoms with van der Waals surface area (Å²) in [6.07, 6.45) is 5.13. The van der Waals surface area contributed by atoms with Gasteiger partial charge in [-0.25, -0.2) is 0 Å². The fourth-order valence-corrected chi connectivity index (χ4v) is 2.36. The van der Waals surface area contributed by atoms with E-state index in [1.807, 2.05) is 24.3 Å². The Bertz CT molecular complexity index is 414. The molecule has 1 aromatic carbocycles. The number of amides is 1. The molecule has 1 aliphatic rings. The van der Waals surface area contributed by atoms with Gasteiger partial charge in [0, 0.05) is 18.8 Å². The largest absolute Gasteiger partial charge is 0.399 e. The van der Waals surface area contributed by atoms with Gasteiger partial charge in [-0.05, 0) is 43.4 Å². The lowest BCUT2D eigenvalue weighted by Gasteiger charge is -2.22. The Morgan fingerprint density at radius 2 is 2.32 bits per heavy atom. The second kappa shape index (κ2) is 7.14. The molecule has 1 aromatic rings. The van der Waals surface area contributed by atoms with Crippen molar-refractivity contribution >= 4 is 11.6 Å². The summed E-state index contributed by atoms with van der Waals surface area (Å²) < 4.78 is 5.63. The van der Waals surface area contributed by atoms with Crippen LogP contribution in [0.4, 0.5) is 5.69 Å². The molecule has 0 aliphatic carbocycles. The maximum absolute atomic E-state index is 11.8. The normalized spacial score (nSPS) is 19.1. The summed E-state index contributed by atoms with van der Waals surface area (Å²) in [5.74, 6) is 0.0430. The average Bonchev–Trinajstić information content (AvgIpc) is 2.40. The van der Waals surface area contributed by atoms with Gasteiger partial charge in [-0.15, -0.1) is 0 Å². The van der Waals surface area contributed by atoms with Gasteiger partial charge in [0.15, 0.2) is 0 Å². The van der Waals surface area contributed by atoms with Gasteiger partial charge in [0.1, 0.15) is 0 Å². The third-order valence-corrected chi connectivity index (χ3v) is 3.38. The zero-order valence-corrected chi connectivity index (χ0v) is 11.2. The summed E-state index contributed by atoms with van der Waals surface area (Å²) in [6, 6.07) is 7.44. The SMILES string of the molecule is Nc1cccc(CC(=O)NCCC2CCCCO2)c1. The van der Waals surface area contributed by atoms with E-state index in [1.54, 1.807) is 0 Å². The molecule has 2 rings (SSSR count). The highest BCUT2D eigenvalue weighted by Crippen LogP contribution is 2.14. The van der Waals surface area contributed by atoms with Gasteiger partial charge in [-0.3, -0.25) is 4.79 Å². The predicted molar refractivity (Wildman–Crippen MR) is 75.8 cm³/mol. The quantitative estimate of drug-likeness (QED) is 0.796. The van der Waals surface area contributed by atoms with E-state index >= 15 is 0 Å². The third kappa shape index (κ3) is 4.91. The molecule has 0 spiro atoms. The molecular formula is C15H22N2O2. The molecule has 1 heterocycles. The Kier molecular flexibility index (Phi) is 5.21. The number of nitrogen functional groups attached to an aromatic ring is 1. The van der Waals surface area contributed by atoms with Gasteiger partial charge in [-0.1, -0.05) is 12.1 Å². The summed E-state index contributed by atoms with van der Waals surface area (Å²) in [5.41, 5.74) is 7.33. The van der Waals surface area contributed by atoms with E-state index in [0.29, 0.717) is 24.8 Å². The number of carbonyl (C=O) groups is 1. The van der Waals surface area contributed by atoms with Crippen molar-refractivity contribution in [1.29, 1.82) is 0 Å². The monoisotopic (exact) mass is 262 g/mol. The second-order valence-corrected chi connectivity index (χ2v) is 5.05. The molecule has 104 valence electrons. The molecule has 0 bridgehead atoms. The van der Waals surface area contributed by atoms with E-state index in [-0.39, 0.29) is 5.91 Å². The lowest BCUT2D eigenvalue weighted by molar-refractivity contribution is -0.120. The predicted octanol–water partition coefficient (Wildman–Crippen LogP) is 1.89. The van der Waals surface area contributed by atoms with Crippen molar-refractivity contribution < 1.29 is 9.53 Å². The van der Waals surface area contributed by atoms with Crippen LogP contribution in [-0.4, -0.2) is 25.2 Å². The first-order valence-corrected chi connectivity index (χ1v) is 6.97. The Labute approximate surface area is 114 Å². The van der Waals surface area contributed by atoms with Crippen molar-refractivity contribution in [3.8, 4) is 0 Å². The molecule has 4 heteroatoms. The van der Waals surface area contributed by atoms with Crippen molar-refractivity contribution in [2.24, 2.45) is 0 Å². The Balaban J connectivity index is 1.67. The average molecular weight is 262 g/mol. The topological polar surface area (TPSA) is 64.4 Å². The summed E-state index contributed by atoms with van der Waals surface area (Å²) in [7, 11) is 0.